The highest BCUT2D eigenvalue weighted by Gasteiger charge is 2.17. The second-order valence-electron chi connectivity index (χ2n) is 6.57. The highest BCUT2D eigenvalue weighted by Crippen LogP contribution is 2.15. The van der Waals surface area contributed by atoms with E-state index < -0.39 is 11.7 Å². The number of carbonyl (C=O) groups excluding carboxylic acids is 1. The summed E-state index contributed by atoms with van der Waals surface area (Å²) in [5, 5.41) is 7.19. The third-order valence-corrected chi connectivity index (χ3v) is 4.65. The van der Waals surface area contributed by atoms with Crippen molar-refractivity contribution in [1.29, 1.82) is 0 Å². The van der Waals surface area contributed by atoms with Crippen LogP contribution in [0.3, 0.4) is 0 Å². The van der Waals surface area contributed by atoms with Crippen LogP contribution < -0.4 is 11.1 Å². The van der Waals surface area contributed by atoms with Gasteiger partial charge in [-0.2, -0.15) is 4.98 Å². The Labute approximate surface area is 170 Å². The zero-order valence-electron chi connectivity index (χ0n) is 15.5. The normalized spacial score (nSPS) is 11.1. The van der Waals surface area contributed by atoms with Gasteiger partial charge in [-0.25, -0.2) is 4.79 Å². The Morgan fingerprint density at radius 2 is 2.00 bits per heavy atom. The van der Waals surface area contributed by atoms with Gasteiger partial charge in [-0.15, -0.1) is 0 Å². The summed E-state index contributed by atoms with van der Waals surface area (Å²) in [6.07, 6.45) is 0.639. The van der Waals surface area contributed by atoms with Gasteiger partial charge in [0.2, 0.25) is 0 Å². The number of aromatic nitrogens is 3. The zero-order valence-corrected chi connectivity index (χ0v) is 16.3. The fourth-order valence-electron chi connectivity index (χ4n) is 2.92. The predicted molar refractivity (Wildman–Crippen MR) is 106 cm³/mol. The third-order valence-electron chi connectivity index (χ3n) is 4.40. The van der Waals surface area contributed by atoms with Crippen LogP contribution in [-0.4, -0.2) is 27.2 Å². The van der Waals surface area contributed by atoms with Crippen molar-refractivity contribution in [2.24, 2.45) is 0 Å². The Hall–Kier alpha value is -3.39. The second-order valence-corrected chi connectivity index (χ2v) is 7.01. The molecule has 9 heteroatoms. The molecule has 2 aromatic carbocycles. The van der Waals surface area contributed by atoms with Gasteiger partial charge in [0.15, 0.2) is 11.4 Å². The minimum atomic E-state index is -0.524. The smallest absolute Gasteiger partial charge is 0.408 e. The van der Waals surface area contributed by atoms with E-state index in [2.05, 4.69) is 15.5 Å². The summed E-state index contributed by atoms with van der Waals surface area (Å²) in [7, 11) is 0. The minimum absolute atomic E-state index is 0.0385. The maximum Gasteiger partial charge on any atom is 0.420 e. The lowest BCUT2D eigenvalue weighted by Gasteiger charge is -2.02. The average Bonchev–Trinajstić information content (AvgIpc) is 3.29. The molecule has 0 aliphatic rings. The molecule has 4 aromatic rings. The van der Waals surface area contributed by atoms with Crippen molar-refractivity contribution in [1.82, 2.24) is 20.0 Å². The summed E-state index contributed by atoms with van der Waals surface area (Å²) >= 11 is 5.85. The van der Waals surface area contributed by atoms with Crippen LogP contribution in [-0.2, 0) is 13.0 Å². The van der Waals surface area contributed by atoms with Crippen molar-refractivity contribution in [3.05, 3.63) is 80.9 Å². The maximum atomic E-state index is 12.2. The van der Waals surface area contributed by atoms with E-state index in [4.69, 9.17) is 20.5 Å². The molecule has 0 saturated carbocycles. The maximum absolute atomic E-state index is 12.2. The van der Waals surface area contributed by atoms with E-state index in [-0.39, 0.29) is 18.3 Å². The molecule has 0 atom stereocenters. The van der Waals surface area contributed by atoms with E-state index in [1.807, 2.05) is 31.2 Å². The second kappa shape index (κ2) is 7.92. The molecule has 148 valence electrons. The minimum Gasteiger partial charge on any atom is -0.408 e. The van der Waals surface area contributed by atoms with Gasteiger partial charge in [0, 0.05) is 11.6 Å². The van der Waals surface area contributed by atoms with Crippen LogP contribution in [0.4, 0.5) is 0 Å². The Balaban J connectivity index is 1.41. The van der Waals surface area contributed by atoms with E-state index in [1.54, 1.807) is 18.2 Å². The van der Waals surface area contributed by atoms with Crippen molar-refractivity contribution in [2.75, 3.05) is 6.54 Å². The number of halogens is 1. The number of nitrogens with one attached hydrogen (secondary N) is 1. The first-order chi connectivity index (χ1) is 14.0. The zero-order chi connectivity index (χ0) is 20.4. The van der Waals surface area contributed by atoms with E-state index in [0.717, 1.165) is 11.1 Å². The van der Waals surface area contributed by atoms with E-state index in [0.29, 0.717) is 29.1 Å². The lowest BCUT2D eigenvalue weighted by Crippen LogP contribution is -2.26. The summed E-state index contributed by atoms with van der Waals surface area (Å²) in [4.78, 5) is 28.4. The number of amides is 1. The molecule has 2 heterocycles. The summed E-state index contributed by atoms with van der Waals surface area (Å²) in [6, 6.07) is 12.8. The standard InChI is InChI=1S/C20H17ClN4O4/c1-12-2-7-16-15(10-12)25(20(27)28-16)11-17-23-19(29-24-17)18(26)22-9-8-13-3-5-14(21)6-4-13/h2-7,10H,8-9,11H2,1H3,(H,22,26). The quantitative estimate of drug-likeness (QED) is 0.522. The lowest BCUT2D eigenvalue weighted by molar-refractivity contribution is 0.0910. The molecular weight excluding hydrogens is 396 g/mol. The number of carbonyl (C=O) groups is 1. The van der Waals surface area contributed by atoms with E-state index in [9.17, 15) is 9.59 Å². The third kappa shape index (κ3) is 4.22. The van der Waals surface area contributed by atoms with Gasteiger partial charge >= 0.3 is 17.6 Å². The van der Waals surface area contributed by atoms with Gasteiger partial charge in [-0.1, -0.05) is 35.0 Å². The molecule has 1 amide bonds. The first kappa shape index (κ1) is 18.9. The number of hydrogen-bond acceptors (Lipinski definition) is 6. The first-order valence-corrected chi connectivity index (χ1v) is 9.32. The van der Waals surface area contributed by atoms with Crippen molar-refractivity contribution in [2.45, 2.75) is 19.9 Å². The molecule has 0 saturated heterocycles. The van der Waals surface area contributed by atoms with Gasteiger partial charge < -0.3 is 14.3 Å². The predicted octanol–water partition coefficient (Wildman–Crippen LogP) is 2.96. The number of rotatable bonds is 6. The van der Waals surface area contributed by atoms with Crippen LogP contribution in [0.2, 0.25) is 5.02 Å². The molecule has 0 fully saturated rings. The van der Waals surface area contributed by atoms with Crippen LogP contribution >= 0.6 is 11.6 Å². The van der Waals surface area contributed by atoms with E-state index >= 15 is 0 Å². The summed E-state index contributed by atoms with van der Waals surface area (Å²) in [5.74, 6) is -0.949. The number of hydrogen-bond donors (Lipinski definition) is 1. The molecule has 0 spiro atoms. The van der Waals surface area contributed by atoms with E-state index in [1.165, 1.54) is 4.57 Å². The van der Waals surface area contributed by atoms with Crippen LogP contribution in [0.25, 0.3) is 11.1 Å². The lowest BCUT2D eigenvalue weighted by atomic mass is 10.1. The molecule has 0 aliphatic heterocycles. The number of fused-ring (bicyclic) bond motifs is 1. The van der Waals surface area contributed by atoms with Crippen LogP contribution in [0.5, 0.6) is 0 Å². The highest BCUT2D eigenvalue weighted by molar-refractivity contribution is 6.30. The molecule has 0 unspecified atom stereocenters. The summed E-state index contributed by atoms with van der Waals surface area (Å²) < 4.78 is 11.6. The highest BCUT2D eigenvalue weighted by atomic mass is 35.5. The Morgan fingerprint density at radius 3 is 2.79 bits per heavy atom. The molecule has 0 bridgehead atoms. The fraction of sp³-hybridized carbons (Fsp3) is 0.200. The molecular formula is C20H17ClN4O4. The van der Waals surface area contributed by atoms with Gasteiger partial charge in [0.05, 0.1) is 12.1 Å². The van der Waals surface area contributed by atoms with Crippen molar-refractivity contribution in [3.63, 3.8) is 0 Å². The van der Waals surface area contributed by atoms with Crippen LogP contribution in [0, 0.1) is 6.92 Å². The van der Waals surface area contributed by atoms with Gasteiger partial charge in [-0.3, -0.25) is 9.36 Å². The van der Waals surface area contributed by atoms with Crippen molar-refractivity contribution >= 4 is 28.6 Å². The summed E-state index contributed by atoms with van der Waals surface area (Å²) in [5.41, 5.74) is 3.14. The van der Waals surface area contributed by atoms with Gasteiger partial charge in [-0.05, 0) is 48.7 Å². The molecule has 0 radical (unpaired) electrons. The molecule has 29 heavy (non-hydrogen) atoms. The van der Waals surface area contributed by atoms with Crippen LogP contribution in [0.1, 0.15) is 27.6 Å². The largest absolute Gasteiger partial charge is 0.420 e. The molecule has 1 N–H and O–H groups in total. The monoisotopic (exact) mass is 412 g/mol. The number of nitrogens with zero attached hydrogens (tertiary/aromatic N) is 3. The van der Waals surface area contributed by atoms with Gasteiger partial charge in [0.1, 0.15) is 0 Å². The average molecular weight is 413 g/mol. The Bertz CT molecular complexity index is 1220. The number of benzene rings is 2. The molecule has 2 aromatic heterocycles. The first-order valence-electron chi connectivity index (χ1n) is 8.95. The fourth-order valence-corrected chi connectivity index (χ4v) is 3.05. The van der Waals surface area contributed by atoms with Crippen molar-refractivity contribution in [3.8, 4) is 0 Å². The number of oxazole rings is 1. The molecule has 0 aliphatic carbocycles. The molecule has 8 nitrogen and oxygen atoms in total. The Kier molecular flexibility index (Phi) is 5.18. The Morgan fingerprint density at radius 1 is 1.21 bits per heavy atom. The van der Waals surface area contributed by atoms with Crippen molar-refractivity contribution < 1.29 is 13.7 Å². The topological polar surface area (TPSA) is 103 Å². The van der Waals surface area contributed by atoms with Crippen LogP contribution in [0.15, 0.2) is 56.2 Å². The molecule has 4 rings (SSSR count). The summed E-state index contributed by atoms with van der Waals surface area (Å²) in [6.45, 7) is 2.36. The number of aryl methyl sites for hydroxylation is 1. The van der Waals surface area contributed by atoms with Gasteiger partial charge in [0.25, 0.3) is 0 Å². The SMILES string of the molecule is Cc1ccc2oc(=O)n(Cc3noc(C(=O)NCCc4ccc(Cl)cc4)n3)c2c1.